The highest BCUT2D eigenvalue weighted by molar-refractivity contribution is 5.66. The number of hydrogen-bond donors (Lipinski definition) is 2. The first-order chi connectivity index (χ1) is 12.1. The molecule has 0 spiro atoms. The summed E-state index contributed by atoms with van der Waals surface area (Å²) in [5, 5.41) is 18.8. The normalized spacial score (nSPS) is 29.8. The number of carboxylic acids is 1. The van der Waals surface area contributed by atoms with Crippen molar-refractivity contribution in [1.82, 2.24) is 0 Å². The molecule has 1 saturated heterocycles. The van der Waals surface area contributed by atoms with Gasteiger partial charge in [0, 0.05) is 12.3 Å². The quantitative estimate of drug-likeness (QED) is 0.406. The summed E-state index contributed by atoms with van der Waals surface area (Å²) in [4.78, 5) is 10.5. The Bertz CT molecular complexity index is 457. The van der Waals surface area contributed by atoms with Gasteiger partial charge in [0.15, 0.2) is 0 Å². The Morgan fingerprint density at radius 2 is 2.12 bits per heavy atom. The van der Waals surface area contributed by atoms with Gasteiger partial charge in [0.25, 0.3) is 0 Å². The van der Waals surface area contributed by atoms with Crippen molar-refractivity contribution in [3.63, 3.8) is 0 Å². The molecule has 2 rings (SSSR count). The maximum absolute atomic E-state index is 10.5. The molecule has 0 aromatic carbocycles. The van der Waals surface area contributed by atoms with Gasteiger partial charge in [-0.15, -0.1) is 0 Å². The van der Waals surface area contributed by atoms with E-state index >= 15 is 0 Å². The van der Waals surface area contributed by atoms with Gasteiger partial charge < -0.3 is 14.9 Å². The molecule has 0 amide bonds. The van der Waals surface area contributed by atoms with Crippen molar-refractivity contribution in [2.45, 2.75) is 76.9 Å². The maximum atomic E-state index is 10.5. The van der Waals surface area contributed by atoms with E-state index in [4.69, 9.17) is 9.84 Å². The third kappa shape index (κ3) is 6.59. The van der Waals surface area contributed by atoms with Gasteiger partial charge in [0.1, 0.15) is 0 Å². The van der Waals surface area contributed by atoms with Crippen LogP contribution in [0, 0.1) is 17.8 Å². The number of aliphatic carboxylic acids is 1. The summed E-state index contributed by atoms with van der Waals surface area (Å²) in [7, 11) is 0. The number of unbranched alkanes of at least 4 members (excludes halogenated alkanes) is 3. The highest BCUT2D eigenvalue weighted by Crippen LogP contribution is 2.47. The second kappa shape index (κ2) is 10.8. The fourth-order valence-corrected chi connectivity index (χ4v) is 4.15. The Kier molecular flexibility index (Phi) is 8.70. The summed E-state index contributed by atoms with van der Waals surface area (Å²) in [5.74, 6) is 0.902. The average Bonchev–Trinajstić information content (AvgIpc) is 3.17. The lowest BCUT2D eigenvalue weighted by molar-refractivity contribution is -0.137. The topological polar surface area (TPSA) is 66.8 Å². The lowest BCUT2D eigenvalue weighted by Gasteiger charge is -2.28. The standard InChI is InChI=1S/C21H34O4/c1-2-3-6-9-17(22)12-13-19-18(16-14-20(19)25-15-16)10-7-4-5-8-11-21(23)24/h4,7,12-13,16-20,22H,2-3,5-6,8-11,14-15H2,1H3,(H,23,24)/t16-,17-,18+,19-,20-/m1/s1. The Labute approximate surface area is 152 Å². The summed E-state index contributed by atoms with van der Waals surface area (Å²) >= 11 is 0. The highest BCUT2D eigenvalue weighted by atomic mass is 16.5. The largest absolute Gasteiger partial charge is 0.481 e. The number of allylic oxidation sites excluding steroid dienone is 2. The van der Waals surface area contributed by atoms with Gasteiger partial charge in [0.05, 0.1) is 18.8 Å². The third-order valence-electron chi connectivity index (χ3n) is 5.58. The molecule has 0 aromatic heterocycles. The first kappa shape index (κ1) is 20.2. The van der Waals surface area contributed by atoms with Gasteiger partial charge in [-0.3, -0.25) is 4.79 Å². The summed E-state index contributed by atoms with van der Waals surface area (Å²) in [6.45, 7) is 3.04. The molecule has 0 radical (unpaired) electrons. The second-order valence-electron chi connectivity index (χ2n) is 7.55. The molecule has 2 aliphatic rings. The van der Waals surface area contributed by atoms with Crippen molar-refractivity contribution >= 4 is 5.97 Å². The SMILES string of the molecule is CCCCC[C@@H](O)C=C[C@@H]1[C@@H](CC=CCCCC(=O)O)[C@H]2CO[C@@H]1C2. The van der Waals surface area contributed by atoms with E-state index in [0.29, 0.717) is 30.3 Å². The Morgan fingerprint density at radius 1 is 1.28 bits per heavy atom. The predicted octanol–water partition coefficient (Wildman–Crippen LogP) is 4.34. The number of rotatable bonds is 12. The van der Waals surface area contributed by atoms with Crippen LogP contribution in [-0.4, -0.2) is 35.0 Å². The summed E-state index contributed by atoms with van der Waals surface area (Å²) in [6, 6.07) is 0. The van der Waals surface area contributed by atoms with Crippen molar-refractivity contribution in [3.8, 4) is 0 Å². The Morgan fingerprint density at radius 3 is 2.88 bits per heavy atom. The number of fused-ring (bicyclic) bond motifs is 2. The van der Waals surface area contributed by atoms with Crippen LogP contribution in [0.15, 0.2) is 24.3 Å². The van der Waals surface area contributed by atoms with Crippen molar-refractivity contribution < 1.29 is 19.7 Å². The molecule has 1 aliphatic carbocycles. The highest BCUT2D eigenvalue weighted by Gasteiger charge is 2.46. The van der Waals surface area contributed by atoms with Gasteiger partial charge >= 0.3 is 5.97 Å². The summed E-state index contributed by atoms with van der Waals surface area (Å²) in [6.07, 6.45) is 16.7. The van der Waals surface area contributed by atoms with Crippen LogP contribution in [0.1, 0.15) is 64.7 Å². The Hall–Kier alpha value is -1.13. The lowest BCUT2D eigenvalue weighted by Crippen LogP contribution is -2.27. The van der Waals surface area contributed by atoms with Crippen molar-refractivity contribution in [1.29, 1.82) is 0 Å². The summed E-state index contributed by atoms with van der Waals surface area (Å²) < 4.78 is 5.87. The minimum Gasteiger partial charge on any atom is -0.481 e. The fraction of sp³-hybridized carbons (Fsp3) is 0.762. The molecule has 2 N–H and O–H groups in total. The molecule has 25 heavy (non-hydrogen) atoms. The zero-order valence-electron chi connectivity index (χ0n) is 15.5. The van der Waals surface area contributed by atoms with E-state index in [1.807, 2.05) is 6.08 Å². The lowest BCUT2D eigenvalue weighted by atomic mass is 9.84. The fourth-order valence-electron chi connectivity index (χ4n) is 4.15. The van der Waals surface area contributed by atoms with Crippen LogP contribution >= 0.6 is 0 Å². The number of carbonyl (C=O) groups is 1. The molecule has 2 bridgehead atoms. The van der Waals surface area contributed by atoms with Gasteiger partial charge in [-0.05, 0) is 43.9 Å². The van der Waals surface area contributed by atoms with Crippen molar-refractivity contribution in [2.24, 2.45) is 17.8 Å². The minimum atomic E-state index is -0.721. The van der Waals surface area contributed by atoms with E-state index in [2.05, 4.69) is 25.2 Å². The first-order valence-electron chi connectivity index (χ1n) is 9.96. The van der Waals surface area contributed by atoms with Crippen molar-refractivity contribution in [2.75, 3.05) is 6.61 Å². The van der Waals surface area contributed by atoms with Crippen LogP contribution in [0.25, 0.3) is 0 Å². The number of aliphatic hydroxyl groups excluding tert-OH is 1. The molecule has 1 aliphatic heterocycles. The van der Waals surface area contributed by atoms with E-state index in [-0.39, 0.29) is 12.5 Å². The van der Waals surface area contributed by atoms with Crippen LogP contribution in [0.5, 0.6) is 0 Å². The smallest absolute Gasteiger partial charge is 0.303 e. The number of ether oxygens (including phenoxy) is 1. The van der Waals surface area contributed by atoms with Crippen LogP contribution in [0.4, 0.5) is 0 Å². The zero-order chi connectivity index (χ0) is 18.1. The molecule has 2 fully saturated rings. The molecule has 4 heteroatoms. The van der Waals surface area contributed by atoms with E-state index in [0.717, 1.165) is 38.7 Å². The van der Waals surface area contributed by atoms with E-state index in [1.54, 1.807) is 0 Å². The third-order valence-corrected chi connectivity index (χ3v) is 5.58. The van der Waals surface area contributed by atoms with Gasteiger partial charge in [-0.25, -0.2) is 0 Å². The monoisotopic (exact) mass is 350 g/mol. The van der Waals surface area contributed by atoms with Crippen molar-refractivity contribution in [3.05, 3.63) is 24.3 Å². The zero-order valence-corrected chi connectivity index (χ0v) is 15.5. The van der Waals surface area contributed by atoms with Crippen LogP contribution in [0.3, 0.4) is 0 Å². The average molecular weight is 350 g/mol. The minimum absolute atomic E-state index is 0.244. The Balaban J connectivity index is 1.78. The molecule has 1 heterocycles. The molecular weight excluding hydrogens is 316 g/mol. The number of carboxylic acid groups (broad SMARTS) is 1. The van der Waals surface area contributed by atoms with E-state index in [9.17, 15) is 9.90 Å². The molecule has 5 atom stereocenters. The van der Waals surface area contributed by atoms with Gasteiger partial charge in [0.2, 0.25) is 0 Å². The van der Waals surface area contributed by atoms with Gasteiger partial charge in [-0.2, -0.15) is 0 Å². The number of aliphatic hydroxyl groups is 1. The van der Waals surface area contributed by atoms with E-state index in [1.165, 1.54) is 12.8 Å². The molecule has 0 aromatic rings. The molecule has 0 unspecified atom stereocenters. The van der Waals surface area contributed by atoms with Crippen LogP contribution < -0.4 is 0 Å². The number of hydrogen-bond acceptors (Lipinski definition) is 3. The summed E-state index contributed by atoms with van der Waals surface area (Å²) in [5.41, 5.74) is 0. The molecule has 142 valence electrons. The predicted molar refractivity (Wildman–Crippen MR) is 99.4 cm³/mol. The van der Waals surface area contributed by atoms with Crippen LogP contribution in [-0.2, 0) is 9.53 Å². The molecule has 1 saturated carbocycles. The maximum Gasteiger partial charge on any atom is 0.303 e. The molecular formula is C21H34O4. The van der Waals surface area contributed by atoms with E-state index < -0.39 is 5.97 Å². The second-order valence-corrected chi connectivity index (χ2v) is 7.55. The molecule has 4 nitrogen and oxygen atoms in total. The first-order valence-corrected chi connectivity index (χ1v) is 9.96. The van der Waals surface area contributed by atoms with Gasteiger partial charge in [-0.1, -0.05) is 50.5 Å². The van der Waals surface area contributed by atoms with Crippen LogP contribution in [0.2, 0.25) is 0 Å².